The van der Waals surface area contributed by atoms with E-state index in [0.29, 0.717) is 5.41 Å². The number of nitrogens with one attached hydrogen (secondary N) is 1. The van der Waals surface area contributed by atoms with Crippen LogP contribution in [0.15, 0.2) is 72.8 Å². The summed E-state index contributed by atoms with van der Waals surface area (Å²) in [5, 5.41) is 3.38. The van der Waals surface area contributed by atoms with Crippen molar-refractivity contribution in [2.75, 3.05) is 44.2 Å². The van der Waals surface area contributed by atoms with Crippen LogP contribution in [0.25, 0.3) is 16.8 Å². The van der Waals surface area contributed by atoms with E-state index >= 15 is 0 Å². The normalized spacial score (nSPS) is 16.6. The number of piperazine rings is 1. The first-order valence-electron chi connectivity index (χ1n) is 14.2. The average molecular weight is 510 g/mol. The van der Waals surface area contributed by atoms with Crippen molar-refractivity contribution in [1.82, 2.24) is 10.2 Å². The smallest absolute Gasteiger partial charge is 0.0367 e. The molecule has 1 N–H and O–H groups in total. The Morgan fingerprint density at radius 1 is 0.947 bits per heavy atom. The molecule has 1 saturated heterocycles. The molecule has 0 atom stereocenters. The van der Waals surface area contributed by atoms with E-state index in [-0.39, 0.29) is 0 Å². The van der Waals surface area contributed by atoms with Gasteiger partial charge in [0.25, 0.3) is 0 Å². The molecule has 0 radical (unpaired) electrons. The maximum absolute atomic E-state index is 4.34. The van der Waals surface area contributed by atoms with Crippen molar-refractivity contribution < 1.29 is 0 Å². The number of nitrogens with zero attached hydrogens (tertiary/aromatic N) is 2. The van der Waals surface area contributed by atoms with E-state index in [1.807, 2.05) is 0 Å². The lowest BCUT2D eigenvalue weighted by molar-refractivity contribution is 0.217. The maximum atomic E-state index is 4.34. The number of benzene rings is 2. The summed E-state index contributed by atoms with van der Waals surface area (Å²) >= 11 is 0. The molecule has 202 valence electrons. The molecule has 0 unspecified atom stereocenters. The number of hydrogen-bond acceptors (Lipinski definition) is 3. The predicted octanol–water partition coefficient (Wildman–Crippen LogP) is 7.81. The number of allylic oxidation sites excluding steroid dienone is 5. The summed E-state index contributed by atoms with van der Waals surface area (Å²) in [6.07, 6.45) is 4.61. The van der Waals surface area contributed by atoms with Crippen molar-refractivity contribution in [3.8, 4) is 0 Å². The van der Waals surface area contributed by atoms with Gasteiger partial charge in [0.1, 0.15) is 0 Å². The van der Waals surface area contributed by atoms with Crippen LogP contribution in [-0.2, 0) is 6.42 Å². The Hall–Kier alpha value is -3.04. The summed E-state index contributed by atoms with van der Waals surface area (Å²) in [6, 6.07) is 15.9. The van der Waals surface area contributed by atoms with Gasteiger partial charge in [-0.2, -0.15) is 0 Å². The summed E-state index contributed by atoms with van der Waals surface area (Å²) in [5.41, 5.74) is 12.7. The summed E-state index contributed by atoms with van der Waals surface area (Å²) in [7, 11) is 0. The van der Waals surface area contributed by atoms with Crippen molar-refractivity contribution in [2.24, 2.45) is 5.41 Å². The predicted molar refractivity (Wildman–Crippen MR) is 167 cm³/mol. The molecule has 3 heteroatoms. The Labute approximate surface area is 231 Å². The molecule has 2 heterocycles. The third-order valence-corrected chi connectivity index (χ3v) is 7.86. The van der Waals surface area contributed by atoms with E-state index < -0.39 is 0 Å². The Balaban J connectivity index is 1.51. The fourth-order valence-electron chi connectivity index (χ4n) is 5.39. The van der Waals surface area contributed by atoms with Crippen LogP contribution >= 0.6 is 0 Å². The van der Waals surface area contributed by atoms with Crippen molar-refractivity contribution in [2.45, 2.75) is 54.4 Å². The lowest BCUT2D eigenvalue weighted by Crippen LogP contribution is -2.47. The molecule has 0 aromatic heterocycles. The molecule has 0 amide bonds. The van der Waals surface area contributed by atoms with Gasteiger partial charge < -0.3 is 10.2 Å². The van der Waals surface area contributed by atoms with Crippen LogP contribution in [0, 0.1) is 5.41 Å². The molecule has 0 bridgehead atoms. The second kappa shape index (κ2) is 11.8. The molecule has 2 aromatic rings. The standard InChI is InChI=1S/C35H47N3/c1-25(2)33(24-34(26(3)4)29-11-14-32-27(5)36-17-15-30(32)23-29)28-9-12-31(13-10-28)38-21-19-37(20-22-38)18-16-35(6,7)8/h9-14,23-24,36H,3,5,15-22H2,1-2,4,6-8H3/b34-24+. The Kier molecular flexibility index (Phi) is 8.67. The monoisotopic (exact) mass is 509 g/mol. The zero-order valence-corrected chi connectivity index (χ0v) is 24.6. The van der Waals surface area contributed by atoms with Gasteiger partial charge in [0.2, 0.25) is 0 Å². The van der Waals surface area contributed by atoms with E-state index in [0.717, 1.165) is 50.4 Å². The topological polar surface area (TPSA) is 18.5 Å². The molecule has 0 saturated carbocycles. The van der Waals surface area contributed by atoms with Crippen LogP contribution in [0.2, 0.25) is 0 Å². The minimum absolute atomic E-state index is 0.403. The van der Waals surface area contributed by atoms with Gasteiger partial charge in [-0.1, -0.05) is 75.4 Å². The highest BCUT2D eigenvalue weighted by molar-refractivity contribution is 5.91. The third-order valence-electron chi connectivity index (χ3n) is 7.86. The molecule has 2 aliphatic heterocycles. The fourth-order valence-corrected chi connectivity index (χ4v) is 5.39. The highest BCUT2D eigenvalue weighted by Crippen LogP contribution is 2.33. The fraction of sp³-hybridized carbons (Fsp3) is 0.429. The molecule has 4 rings (SSSR count). The van der Waals surface area contributed by atoms with E-state index in [4.69, 9.17) is 0 Å². The lowest BCUT2D eigenvalue weighted by Gasteiger charge is -2.37. The van der Waals surface area contributed by atoms with Crippen LogP contribution in [0.3, 0.4) is 0 Å². The van der Waals surface area contributed by atoms with Gasteiger partial charge in [-0.15, -0.1) is 0 Å². The Morgan fingerprint density at radius 3 is 2.21 bits per heavy atom. The Morgan fingerprint density at radius 2 is 1.61 bits per heavy atom. The zero-order valence-electron chi connectivity index (χ0n) is 24.6. The second-order valence-electron chi connectivity index (χ2n) is 12.5. The summed E-state index contributed by atoms with van der Waals surface area (Å²) in [5.74, 6) is 0. The highest BCUT2D eigenvalue weighted by Gasteiger charge is 2.20. The molecular formula is C35H47N3. The summed E-state index contributed by atoms with van der Waals surface area (Å²) in [4.78, 5) is 5.15. The van der Waals surface area contributed by atoms with Crippen molar-refractivity contribution in [3.63, 3.8) is 0 Å². The van der Waals surface area contributed by atoms with Gasteiger partial charge in [0.15, 0.2) is 0 Å². The first kappa shape index (κ1) is 28.0. The molecule has 0 aliphatic carbocycles. The van der Waals surface area contributed by atoms with E-state index in [2.05, 4.69) is 118 Å². The van der Waals surface area contributed by atoms with Crippen LogP contribution < -0.4 is 10.2 Å². The summed E-state index contributed by atoms with van der Waals surface area (Å²) < 4.78 is 0. The lowest BCUT2D eigenvalue weighted by atomic mass is 9.89. The van der Waals surface area contributed by atoms with E-state index in [9.17, 15) is 0 Å². The number of hydrogen-bond donors (Lipinski definition) is 1. The molecule has 3 nitrogen and oxygen atoms in total. The van der Waals surface area contributed by atoms with Gasteiger partial charge in [-0.05, 0) is 91.6 Å². The second-order valence-corrected chi connectivity index (χ2v) is 12.5. The highest BCUT2D eigenvalue weighted by atomic mass is 15.3. The van der Waals surface area contributed by atoms with Gasteiger partial charge in [-0.3, -0.25) is 4.90 Å². The molecule has 2 aromatic carbocycles. The SMILES string of the molecule is C=C(C)/C(=C\C(=C(C)C)c1ccc(N2CCN(CCC(C)(C)C)CC2)cc1)c1ccc2c(c1)CCNC2=C. The quantitative estimate of drug-likeness (QED) is 0.384. The maximum Gasteiger partial charge on any atom is 0.0367 e. The van der Waals surface area contributed by atoms with Crippen LogP contribution in [0.1, 0.15) is 70.2 Å². The minimum atomic E-state index is 0.403. The molecule has 2 aliphatic rings. The third kappa shape index (κ3) is 6.88. The first-order valence-corrected chi connectivity index (χ1v) is 14.2. The molecular weight excluding hydrogens is 462 g/mol. The number of fused-ring (bicyclic) bond motifs is 1. The van der Waals surface area contributed by atoms with Crippen molar-refractivity contribution in [3.05, 3.63) is 95.1 Å². The van der Waals surface area contributed by atoms with Crippen LogP contribution in [0.5, 0.6) is 0 Å². The first-order chi connectivity index (χ1) is 18.0. The average Bonchev–Trinajstić information content (AvgIpc) is 2.88. The van der Waals surface area contributed by atoms with Gasteiger partial charge in [0.05, 0.1) is 0 Å². The van der Waals surface area contributed by atoms with E-state index in [1.54, 1.807) is 0 Å². The zero-order chi connectivity index (χ0) is 27.4. The minimum Gasteiger partial charge on any atom is -0.385 e. The van der Waals surface area contributed by atoms with Crippen molar-refractivity contribution >= 4 is 22.5 Å². The van der Waals surface area contributed by atoms with Crippen molar-refractivity contribution in [1.29, 1.82) is 0 Å². The molecule has 1 fully saturated rings. The van der Waals surface area contributed by atoms with Gasteiger partial charge >= 0.3 is 0 Å². The molecule has 0 spiro atoms. The largest absolute Gasteiger partial charge is 0.385 e. The number of rotatable bonds is 7. The van der Waals surface area contributed by atoms with Gasteiger partial charge in [-0.25, -0.2) is 0 Å². The Bertz CT molecular complexity index is 1220. The number of anilines is 1. The molecule has 38 heavy (non-hydrogen) atoms. The van der Waals surface area contributed by atoms with Crippen LogP contribution in [0.4, 0.5) is 5.69 Å². The van der Waals surface area contributed by atoms with Crippen LogP contribution in [-0.4, -0.2) is 44.2 Å². The van der Waals surface area contributed by atoms with E-state index in [1.165, 1.54) is 57.6 Å². The summed E-state index contributed by atoms with van der Waals surface area (Å²) in [6.45, 7) is 28.7. The van der Waals surface area contributed by atoms with Gasteiger partial charge in [0, 0.05) is 49.7 Å².